The highest BCUT2D eigenvalue weighted by Gasteiger charge is 2.36. The lowest BCUT2D eigenvalue weighted by atomic mass is 10.1. The number of nitriles is 1. The van der Waals surface area contributed by atoms with Crippen LogP contribution in [0.2, 0.25) is 0 Å². The highest BCUT2D eigenvalue weighted by molar-refractivity contribution is 6.03. The van der Waals surface area contributed by atoms with Crippen molar-refractivity contribution in [3.05, 3.63) is 59.7 Å². The van der Waals surface area contributed by atoms with Crippen molar-refractivity contribution in [2.75, 3.05) is 16.8 Å². The van der Waals surface area contributed by atoms with Crippen molar-refractivity contribution in [2.45, 2.75) is 12.6 Å². The Labute approximate surface area is 153 Å². The molecule has 0 radical (unpaired) electrons. The summed E-state index contributed by atoms with van der Waals surface area (Å²) in [5.41, 5.74) is 0.348. The molecule has 0 saturated carbocycles. The molecule has 1 saturated heterocycles. The molecule has 27 heavy (non-hydrogen) atoms. The first kappa shape index (κ1) is 18.5. The molecule has 1 heterocycles. The van der Waals surface area contributed by atoms with Crippen molar-refractivity contribution >= 4 is 23.2 Å². The third-order valence-corrected chi connectivity index (χ3v) is 4.26. The molecule has 0 aromatic heterocycles. The second-order valence-corrected chi connectivity index (χ2v) is 6.13. The highest BCUT2D eigenvalue weighted by atomic mass is 19.4. The van der Waals surface area contributed by atoms with Gasteiger partial charge in [-0.2, -0.15) is 18.4 Å². The Morgan fingerprint density at radius 2 is 1.89 bits per heavy atom. The summed E-state index contributed by atoms with van der Waals surface area (Å²) in [5.74, 6) is -1.35. The number of benzene rings is 2. The molecule has 0 aliphatic carbocycles. The van der Waals surface area contributed by atoms with Gasteiger partial charge in [0.05, 0.1) is 23.1 Å². The molecule has 1 N–H and O–H groups in total. The Morgan fingerprint density at radius 3 is 2.52 bits per heavy atom. The van der Waals surface area contributed by atoms with Crippen LogP contribution in [-0.4, -0.2) is 18.4 Å². The number of nitrogens with one attached hydrogen (secondary N) is 1. The average Bonchev–Trinajstić information content (AvgIpc) is 3.03. The SMILES string of the molecule is N#Cc1cccc(NC(=O)C2CC(=O)N(c3ccc(C(F)(F)F)cc3)C2)c1. The summed E-state index contributed by atoms with van der Waals surface area (Å²) in [6, 6.07) is 12.6. The number of amides is 2. The number of halogens is 3. The maximum absolute atomic E-state index is 12.6. The first-order valence-corrected chi connectivity index (χ1v) is 8.06. The Kier molecular flexibility index (Phi) is 4.86. The molecule has 2 aromatic carbocycles. The molecule has 5 nitrogen and oxygen atoms in total. The quantitative estimate of drug-likeness (QED) is 0.894. The third kappa shape index (κ3) is 4.08. The van der Waals surface area contributed by atoms with Crippen LogP contribution in [0, 0.1) is 17.2 Å². The van der Waals surface area contributed by atoms with Gasteiger partial charge in [0.2, 0.25) is 11.8 Å². The van der Waals surface area contributed by atoms with Crippen LogP contribution in [0.1, 0.15) is 17.5 Å². The first-order valence-electron chi connectivity index (χ1n) is 8.06. The number of hydrogen-bond donors (Lipinski definition) is 1. The normalized spacial score (nSPS) is 16.9. The molecular weight excluding hydrogens is 359 g/mol. The first-order chi connectivity index (χ1) is 12.8. The zero-order chi connectivity index (χ0) is 19.6. The fourth-order valence-electron chi connectivity index (χ4n) is 2.87. The van der Waals surface area contributed by atoms with Crippen LogP contribution in [0.3, 0.4) is 0 Å². The van der Waals surface area contributed by atoms with Crippen LogP contribution in [0.15, 0.2) is 48.5 Å². The summed E-state index contributed by atoms with van der Waals surface area (Å²) in [7, 11) is 0. The van der Waals surface area contributed by atoms with Crippen LogP contribution in [0.25, 0.3) is 0 Å². The zero-order valence-electron chi connectivity index (χ0n) is 14.0. The van der Waals surface area contributed by atoms with Gasteiger partial charge in [-0.1, -0.05) is 6.07 Å². The smallest absolute Gasteiger partial charge is 0.326 e. The number of alkyl halides is 3. The van der Waals surface area contributed by atoms with Crippen LogP contribution < -0.4 is 10.2 Å². The van der Waals surface area contributed by atoms with E-state index in [1.54, 1.807) is 18.2 Å². The lowest BCUT2D eigenvalue weighted by molar-refractivity contribution is -0.137. The van der Waals surface area contributed by atoms with Gasteiger partial charge in [0.25, 0.3) is 0 Å². The van der Waals surface area contributed by atoms with Gasteiger partial charge in [-0.15, -0.1) is 0 Å². The minimum Gasteiger partial charge on any atom is -0.326 e. The Morgan fingerprint density at radius 1 is 1.19 bits per heavy atom. The third-order valence-electron chi connectivity index (χ3n) is 4.26. The zero-order valence-corrected chi connectivity index (χ0v) is 14.0. The van der Waals surface area contributed by atoms with Crippen molar-refractivity contribution in [1.82, 2.24) is 0 Å². The standard InChI is InChI=1S/C19H14F3N3O2/c20-19(21,22)14-4-6-16(7-5-14)25-11-13(9-17(25)26)18(27)24-15-3-1-2-12(8-15)10-23/h1-8,13H,9,11H2,(H,24,27). The summed E-state index contributed by atoms with van der Waals surface area (Å²) in [5, 5.41) is 11.6. The van der Waals surface area contributed by atoms with Crippen LogP contribution in [0.5, 0.6) is 0 Å². The van der Waals surface area contributed by atoms with Gasteiger partial charge in [-0.25, -0.2) is 0 Å². The Balaban J connectivity index is 1.69. The minimum absolute atomic E-state index is 0.0369. The predicted molar refractivity (Wildman–Crippen MR) is 91.7 cm³/mol. The molecule has 3 rings (SSSR count). The van der Waals surface area contributed by atoms with E-state index in [1.165, 1.54) is 23.1 Å². The van der Waals surface area contributed by atoms with Crippen LogP contribution >= 0.6 is 0 Å². The molecule has 2 amide bonds. The van der Waals surface area contributed by atoms with Gasteiger partial charge in [-0.3, -0.25) is 9.59 Å². The molecule has 2 aromatic rings. The molecule has 1 fully saturated rings. The molecule has 0 spiro atoms. The number of anilines is 2. The lowest BCUT2D eigenvalue weighted by Crippen LogP contribution is -2.28. The number of carbonyl (C=O) groups excluding carboxylic acids is 2. The topological polar surface area (TPSA) is 73.2 Å². The Hall–Kier alpha value is -3.34. The van der Waals surface area contributed by atoms with Gasteiger partial charge in [0.1, 0.15) is 0 Å². The van der Waals surface area contributed by atoms with Crippen molar-refractivity contribution < 1.29 is 22.8 Å². The molecule has 1 aliphatic heterocycles. The van der Waals surface area contributed by atoms with Gasteiger partial charge in [0.15, 0.2) is 0 Å². The predicted octanol–water partition coefficient (Wildman–Crippen LogP) is 3.57. The van der Waals surface area contributed by atoms with E-state index in [-0.39, 0.29) is 24.8 Å². The van der Waals surface area contributed by atoms with E-state index >= 15 is 0 Å². The van der Waals surface area contributed by atoms with Crippen molar-refractivity contribution in [3.63, 3.8) is 0 Å². The van der Waals surface area contributed by atoms with E-state index in [2.05, 4.69) is 5.32 Å². The van der Waals surface area contributed by atoms with Crippen molar-refractivity contribution in [3.8, 4) is 6.07 Å². The molecule has 1 aliphatic rings. The summed E-state index contributed by atoms with van der Waals surface area (Å²) in [4.78, 5) is 25.9. The summed E-state index contributed by atoms with van der Waals surface area (Å²) in [6.45, 7) is 0.0774. The molecule has 8 heteroatoms. The van der Waals surface area contributed by atoms with Gasteiger partial charge >= 0.3 is 6.18 Å². The van der Waals surface area contributed by atoms with E-state index < -0.39 is 17.7 Å². The van der Waals surface area contributed by atoms with Gasteiger partial charge in [-0.05, 0) is 42.5 Å². The monoisotopic (exact) mass is 373 g/mol. The second-order valence-electron chi connectivity index (χ2n) is 6.13. The van der Waals surface area contributed by atoms with Crippen molar-refractivity contribution in [2.24, 2.45) is 5.92 Å². The van der Waals surface area contributed by atoms with Gasteiger partial charge in [0, 0.05) is 24.3 Å². The Bertz CT molecular complexity index is 917. The van der Waals surface area contributed by atoms with Crippen molar-refractivity contribution in [1.29, 1.82) is 5.26 Å². The summed E-state index contributed by atoms with van der Waals surface area (Å²) in [6.07, 6.45) is -4.49. The van der Waals surface area contributed by atoms with E-state index in [0.29, 0.717) is 16.9 Å². The van der Waals surface area contributed by atoms with Gasteiger partial charge < -0.3 is 10.2 Å². The molecule has 1 unspecified atom stereocenters. The number of carbonyl (C=O) groups is 2. The van der Waals surface area contributed by atoms with E-state index in [0.717, 1.165) is 12.1 Å². The molecule has 1 atom stereocenters. The molecular formula is C19H14F3N3O2. The molecule has 138 valence electrons. The fourth-order valence-corrected chi connectivity index (χ4v) is 2.87. The fraction of sp³-hybridized carbons (Fsp3) is 0.211. The largest absolute Gasteiger partial charge is 0.416 e. The number of hydrogen-bond acceptors (Lipinski definition) is 3. The highest BCUT2D eigenvalue weighted by Crippen LogP contribution is 2.32. The van der Waals surface area contributed by atoms with E-state index in [9.17, 15) is 22.8 Å². The van der Waals surface area contributed by atoms with E-state index in [4.69, 9.17) is 5.26 Å². The summed E-state index contributed by atoms with van der Waals surface area (Å²) < 4.78 is 37.9. The summed E-state index contributed by atoms with van der Waals surface area (Å²) >= 11 is 0. The van der Waals surface area contributed by atoms with Crippen LogP contribution in [-0.2, 0) is 15.8 Å². The maximum atomic E-state index is 12.6. The number of nitrogens with zero attached hydrogens (tertiary/aromatic N) is 2. The maximum Gasteiger partial charge on any atom is 0.416 e. The lowest BCUT2D eigenvalue weighted by Gasteiger charge is -2.17. The minimum atomic E-state index is -4.45. The molecule has 0 bridgehead atoms. The van der Waals surface area contributed by atoms with Crippen LogP contribution in [0.4, 0.5) is 24.5 Å². The number of rotatable bonds is 3. The van der Waals surface area contributed by atoms with E-state index in [1.807, 2.05) is 6.07 Å². The average molecular weight is 373 g/mol. The second kappa shape index (κ2) is 7.11.